The van der Waals surface area contributed by atoms with Crippen molar-refractivity contribution in [1.82, 2.24) is 19.9 Å². The van der Waals surface area contributed by atoms with Crippen LogP contribution in [0.3, 0.4) is 0 Å². The highest BCUT2D eigenvalue weighted by atomic mass is 35.5. The van der Waals surface area contributed by atoms with E-state index in [4.69, 9.17) is 11.6 Å². The summed E-state index contributed by atoms with van der Waals surface area (Å²) < 4.78 is 0. The molecule has 0 saturated carbocycles. The van der Waals surface area contributed by atoms with Gasteiger partial charge in [0.1, 0.15) is 11.6 Å². The molecule has 0 aliphatic rings. The highest BCUT2D eigenvalue weighted by Crippen LogP contribution is 2.27. The first kappa shape index (κ1) is 19.8. The molecule has 0 fully saturated rings. The molecule has 0 aliphatic carbocycles. The molecule has 1 aromatic carbocycles. The lowest BCUT2D eigenvalue weighted by Gasteiger charge is -2.20. The number of hydrogen-bond acceptors (Lipinski definition) is 5. The summed E-state index contributed by atoms with van der Waals surface area (Å²) in [5.74, 6) is 1.17. The van der Waals surface area contributed by atoms with Gasteiger partial charge < -0.3 is 10.3 Å². The molecule has 6 nitrogen and oxygen atoms in total. The first-order valence-electron chi connectivity index (χ1n) is 9.48. The van der Waals surface area contributed by atoms with Gasteiger partial charge in [0.15, 0.2) is 0 Å². The maximum Gasteiger partial charge on any atom is 0.254 e. The van der Waals surface area contributed by atoms with E-state index in [9.17, 15) is 4.79 Å². The summed E-state index contributed by atoms with van der Waals surface area (Å²) in [6, 6.07) is 16.9. The Kier molecular flexibility index (Phi) is 5.59. The van der Waals surface area contributed by atoms with Crippen LogP contribution in [0, 0.1) is 13.8 Å². The monoisotopic (exact) mass is 417 g/mol. The second-order valence-corrected chi connectivity index (χ2v) is 7.38. The standard InChI is InChI=1S/C23H20ClN5O/c1-14-15(2)27-22(29-23(14)30)17-9-10-20(26-13-17)28-21(19-8-3-4-11-25-19)16-6-5-7-18(24)12-16/h3-13,21H,1-2H3,(H,26,28)(H,27,29,30). The molecule has 3 heterocycles. The number of pyridine rings is 2. The summed E-state index contributed by atoms with van der Waals surface area (Å²) in [4.78, 5) is 28.3. The van der Waals surface area contributed by atoms with Gasteiger partial charge in [-0.1, -0.05) is 29.8 Å². The molecule has 150 valence electrons. The SMILES string of the molecule is Cc1nc(-c2ccc(NC(c3cccc(Cl)c3)c3ccccn3)nc2)[nH]c(=O)c1C. The molecule has 3 aromatic heterocycles. The van der Waals surface area contributed by atoms with Gasteiger partial charge in [-0.05, 0) is 55.8 Å². The Bertz CT molecular complexity index is 1220. The Labute approximate surface area is 179 Å². The lowest BCUT2D eigenvalue weighted by molar-refractivity contribution is 0.878. The second-order valence-electron chi connectivity index (χ2n) is 6.94. The maximum atomic E-state index is 12.0. The largest absolute Gasteiger partial charge is 0.358 e. The van der Waals surface area contributed by atoms with Crippen LogP contribution in [0.1, 0.15) is 28.6 Å². The van der Waals surface area contributed by atoms with E-state index in [1.54, 1.807) is 19.3 Å². The summed E-state index contributed by atoms with van der Waals surface area (Å²) in [5.41, 5.74) is 3.74. The van der Waals surface area contributed by atoms with Crippen LogP contribution in [0.4, 0.5) is 5.82 Å². The van der Waals surface area contributed by atoms with Gasteiger partial charge in [-0.15, -0.1) is 0 Å². The van der Waals surface area contributed by atoms with Gasteiger partial charge >= 0.3 is 0 Å². The van der Waals surface area contributed by atoms with E-state index < -0.39 is 0 Å². The quantitative estimate of drug-likeness (QED) is 0.491. The number of nitrogens with zero attached hydrogens (tertiary/aromatic N) is 3. The van der Waals surface area contributed by atoms with Crippen LogP contribution in [-0.2, 0) is 0 Å². The molecule has 0 saturated heterocycles. The van der Waals surface area contributed by atoms with E-state index in [0.717, 1.165) is 16.8 Å². The molecule has 4 aromatic rings. The zero-order valence-corrected chi connectivity index (χ0v) is 17.3. The van der Waals surface area contributed by atoms with Crippen LogP contribution >= 0.6 is 11.6 Å². The highest BCUT2D eigenvalue weighted by Gasteiger charge is 2.16. The summed E-state index contributed by atoms with van der Waals surface area (Å²) >= 11 is 6.20. The fourth-order valence-corrected chi connectivity index (χ4v) is 3.31. The Hall–Kier alpha value is -3.51. The van der Waals surface area contributed by atoms with Crippen molar-refractivity contribution in [2.45, 2.75) is 19.9 Å². The van der Waals surface area contributed by atoms with Gasteiger partial charge in [0.25, 0.3) is 5.56 Å². The van der Waals surface area contributed by atoms with Gasteiger partial charge in [-0.2, -0.15) is 0 Å². The number of hydrogen-bond donors (Lipinski definition) is 2. The van der Waals surface area contributed by atoms with Crippen LogP contribution in [0.25, 0.3) is 11.4 Å². The number of anilines is 1. The fraction of sp³-hybridized carbons (Fsp3) is 0.130. The summed E-state index contributed by atoms with van der Waals surface area (Å²) in [7, 11) is 0. The predicted molar refractivity (Wildman–Crippen MR) is 119 cm³/mol. The third-order valence-corrected chi connectivity index (χ3v) is 5.12. The number of halogens is 1. The molecule has 0 bridgehead atoms. The summed E-state index contributed by atoms with van der Waals surface area (Å²) in [6.07, 6.45) is 3.44. The summed E-state index contributed by atoms with van der Waals surface area (Å²) in [5, 5.41) is 4.08. The minimum Gasteiger partial charge on any atom is -0.358 e. The first-order chi connectivity index (χ1) is 14.5. The third-order valence-electron chi connectivity index (χ3n) is 4.89. The number of rotatable bonds is 5. The van der Waals surface area contributed by atoms with Crippen LogP contribution in [0.5, 0.6) is 0 Å². The number of aromatic amines is 1. The smallest absolute Gasteiger partial charge is 0.254 e. The molecule has 2 N–H and O–H groups in total. The van der Waals surface area contributed by atoms with E-state index >= 15 is 0 Å². The van der Waals surface area contributed by atoms with Crippen molar-refractivity contribution in [2.24, 2.45) is 0 Å². The van der Waals surface area contributed by atoms with E-state index in [1.165, 1.54) is 0 Å². The fourth-order valence-electron chi connectivity index (χ4n) is 3.11. The second kappa shape index (κ2) is 8.47. The molecule has 7 heteroatoms. The molecular weight excluding hydrogens is 398 g/mol. The lowest BCUT2D eigenvalue weighted by atomic mass is 10.0. The Balaban J connectivity index is 1.65. The number of nitrogens with one attached hydrogen (secondary N) is 2. The van der Waals surface area contributed by atoms with Crippen molar-refractivity contribution in [1.29, 1.82) is 0 Å². The zero-order valence-electron chi connectivity index (χ0n) is 16.6. The number of aryl methyl sites for hydroxylation is 1. The van der Waals surface area contributed by atoms with Crippen LogP contribution in [-0.4, -0.2) is 19.9 Å². The Morgan fingerprint density at radius 1 is 1.03 bits per heavy atom. The maximum absolute atomic E-state index is 12.0. The average molecular weight is 418 g/mol. The minimum absolute atomic E-state index is 0.143. The molecule has 0 amide bonds. The van der Waals surface area contributed by atoms with Crippen molar-refractivity contribution in [3.05, 3.63) is 105 Å². The average Bonchev–Trinajstić information content (AvgIpc) is 2.76. The normalized spacial score (nSPS) is 11.8. The van der Waals surface area contributed by atoms with E-state index in [0.29, 0.717) is 27.9 Å². The number of benzene rings is 1. The molecule has 0 radical (unpaired) electrons. The van der Waals surface area contributed by atoms with Gasteiger partial charge in [-0.3, -0.25) is 9.78 Å². The van der Waals surface area contributed by atoms with Crippen molar-refractivity contribution < 1.29 is 0 Å². The van der Waals surface area contributed by atoms with Crippen molar-refractivity contribution >= 4 is 17.4 Å². The van der Waals surface area contributed by atoms with Gasteiger partial charge in [-0.25, -0.2) is 9.97 Å². The minimum atomic E-state index is -0.220. The van der Waals surface area contributed by atoms with E-state index in [2.05, 4.69) is 25.3 Å². The molecule has 1 atom stereocenters. The van der Waals surface area contributed by atoms with Gasteiger partial charge in [0.2, 0.25) is 0 Å². The van der Waals surface area contributed by atoms with Crippen LogP contribution < -0.4 is 10.9 Å². The summed E-state index contributed by atoms with van der Waals surface area (Å²) in [6.45, 7) is 3.57. The third kappa shape index (κ3) is 4.23. The molecule has 30 heavy (non-hydrogen) atoms. The van der Waals surface area contributed by atoms with Gasteiger partial charge in [0, 0.05) is 34.2 Å². The molecular formula is C23H20ClN5O. The molecule has 4 rings (SSSR count). The van der Waals surface area contributed by atoms with Crippen molar-refractivity contribution in [3.8, 4) is 11.4 Å². The molecule has 1 unspecified atom stereocenters. The predicted octanol–water partition coefficient (Wildman–Crippen LogP) is 4.70. The van der Waals surface area contributed by atoms with E-state index in [-0.39, 0.29) is 11.6 Å². The Morgan fingerprint density at radius 2 is 1.90 bits per heavy atom. The number of aromatic nitrogens is 4. The molecule has 0 spiro atoms. The molecule has 0 aliphatic heterocycles. The zero-order chi connectivity index (χ0) is 21.1. The van der Waals surface area contributed by atoms with E-state index in [1.807, 2.05) is 61.5 Å². The highest BCUT2D eigenvalue weighted by molar-refractivity contribution is 6.30. The first-order valence-corrected chi connectivity index (χ1v) is 9.86. The van der Waals surface area contributed by atoms with Crippen LogP contribution in [0.15, 0.2) is 71.8 Å². The van der Waals surface area contributed by atoms with Crippen molar-refractivity contribution in [3.63, 3.8) is 0 Å². The Morgan fingerprint density at radius 3 is 2.57 bits per heavy atom. The lowest BCUT2D eigenvalue weighted by Crippen LogP contribution is -2.15. The van der Waals surface area contributed by atoms with Crippen molar-refractivity contribution in [2.75, 3.05) is 5.32 Å². The topological polar surface area (TPSA) is 83.6 Å². The van der Waals surface area contributed by atoms with Crippen LogP contribution in [0.2, 0.25) is 5.02 Å². The van der Waals surface area contributed by atoms with Gasteiger partial charge in [0.05, 0.1) is 11.7 Å². The number of H-pyrrole nitrogens is 1.